The van der Waals surface area contributed by atoms with Gasteiger partial charge < -0.3 is 5.32 Å². The highest BCUT2D eigenvalue weighted by molar-refractivity contribution is 5.06. The smallest absolute Gasteiger partial charge is 0.0573 e. The molecule has 1 aliphatic rings. The van der Waals surface area contributed by atoms with Gasteiger partial charge in [0.05, 0.1) is 6.54 Å². The van der Waals surface area contributed by atoms with Crippen molar-refractivity contribution in [3.8, 4) is 12.3 Å². The van der Waals surface area contributed by atoms with Gasteiger partial charge in [-0.1, -0.05) is 24.5 Å². The Kier molecular flexibility index (Phi) is 4.05. The molecule has 1 N–H and O–H groups in total. The molecule has 0 bridgehead atoms. The van der Waals surface area contributed by atoms with E-state index in [0.717, 1.165) is 18.4 Å². The minimum Gasteiger partial charge on any atom is -0.306 e. The topological polar surface area (TPSA) is 12.0 Å². The van der Waals surface area contributed by atoms with E-state index in [4.69, 9.17) is 6.42 Å². The number of hydrogen-bond donors (Lipinski definition) is 1. The van der Waals surface area contributed by atoms with Crippen molar-refractivity contribution in [2.45, 2.75) is 26.7 Å². The lowest BCUT2D eigenvalue weighted by Gasteiger charge is -2.25. The highest BCUT2D eigenvalue weighted by Crippen LogP contribution is 2.26. The highest BCUT2D eigenvalue weighted by atomic mass is 14.8. The fourth-order valence-corrected chi connectivity index (χ4v) is 2.19. The molecule has 0 fully saturated rings. The molecule has 0 radical (unpaired) electrons. The minimum atomic E-state index is 0.702. The van der Waals surface area contributed by atoms with E-state index in [9.17, 15) is 0 Å². The average Bonchev–Trinajstić information content (AvgIpc) is 2.03. The zero-order valence-electron chi connectivity index (χ0n) is 8.64. The molecule has 1 heteroatoms. The molecule has 2 atom stereocenters. The second-order valence-corrected chi connectivity index (χ2v) is 4.13. The van der Waals surface area contributed by atoms with Gasteiger partial charge in [0.25, 0.3) is 0 Å². The van der Waals surface area contributed by atoms with Gasteiger partial charge in [-0.15, -0.1) is 6.42 Å². The average molecular weight is 177 g/mol. The SMILES string of the molecule is C#CCNCC1CC(C)=CC(C)C1. The number of allylic oxidation sites excluding steroid dienone is 2. The van der Waals surface area contributed by atoms with Crippen LogP contribution in [0.2, 0.25) is 0 Å². The fraction of sp³-hybridized carbons (Fsp3) is 0.667. The molecule has 0 heterocycles. The van der Waals surface area contributed by atoms with Crippen LogP contribution >= 0.6 is 0 Å². The summed E-state index contributed by atoms with van der Waals surface area (Å²) in [7, 11) is 0. The van der Waals surface area contributed by atoms with Gasteiger partial charge in [-0.3, -0.25) is 0 Å². The molecular formula is C12H19N. The molecule has 0 aliphatic heterocycles. The van der Waals surface area contributed by atoms with Crippen LogP contribution in [0.25, 0.3) is 0 Å². The van der Waals surface area contributed by atoms with E-state index in [1.807, 2.05) is 0 Å². The van der Waals surface area contributed by atoms with Gasteiger partial charge in [0, 0.05) is 0 Å². The van der Waals surface area contributed by atoms with Crippen LogP contribution < -0.4 is 5.32 Å². The van der Waals surface area contributed by atoms with E-state index in [1.165, 1.54) is 18.4 Å². The lowest BCUT2D eigenvalue weighted by Crippen LogP contribution is -2.26. The van der Waals surface area contributed by atoms with E-state index >= 15 is 0 Å². The maximum Gasteiger partial charge on any atom is 0.0573 e. The van der Waals surface area contributed by atoms with Crippen molar-refractivity contribution in [1.29, 1.82) is 0 Å². The summed E-state index contributed by atoms with van der Waals surface area (Å²) >= 11 is 0. The lowest BCUT2D eigenvalue weighted by molar-refractivity contribution is 0.388. The second kappa shape index (κ2) is 5.09. The zero-order chi connectivity index (χ0) is 9.68. The summed E-state index contributed by atoms with van der Waals surface area (Å²) in [5.41, 5.74) is 1.53. The van der Waals surface area contributed by atoms with Crippen LogP contribution in [0, 0.1) is 24.2 Å². The number of nitrogens with one attached hydrogen (secondary N) is 1. The van der Waals surface area contributed by atoms with Crippen LogP contribution in [-0.4, -0.2) is 13.1 Å². The van der Waals surface area contributed by atoms with E-state index < -0.39 is 0 Å². The first-order valence-electron chi connectivity index (χ1n) is 5.04. The molecule has 1 rings (SSSR count). The molecular weight excluding hydrogens is 158 g/mol. The Hall–Kier alpha value is -0.740. The van der Waals surface area contributed by atoms with Crippen molar-refractivity contribution in [2.75, 3.05) is 13.1 Å². The molecule has 1 nitrogen and oxygen atoms in total. The Morgan fingerprint density at radius 3 is 3.08 bits per heavy atom. The van der Waals surface area contributed by atoms with E-state index in [0.29, 0.717) is 6.54 Å². The van der Waals surface area contributed by atoms with Crippen molar-refractivity contribution in [1.82, 2.24) is 5.32 Å². The summed E-state index contributed by atoms with van der Waals surface area (Å²) in [5.74, 6) is 4.13. The van der Waals surface area contributed by atoms with E-state index in [-0.39, 0.29) is 0 Å². The molecule has 0 aromatic rings. The molecule has 0 aromatic heterocycles. The number of terminal acetylenes is 1. The summed E-state index contributed by atoms with van der Waals surface area (Å²) in [6.45, 7) is 6.29. The maximum absolute atomic E-state index is 5.17. The summed E-state index contributed by atoms with van der Waals surface area (Å²) < 4.78 is 0. The van der Waals surface area contributed by atoms with Crippen LogP contribution in [0.15, 0.2) is 11.6 Å². The van der Waals surface area contributed by atoms with Gasteiger partial charge in [-0.05, 0) is 38.1 Å². The summed E-state index contributed by atoms with van der Waals surface area (Å²) in [5, 5.41) is 3.28. The van der Waals surface area contributed by atoms with Crippen molar-refractivity contribution in [2.24, 2.45) is 11.8 Å². The lowest BCUT2D eigenvalue weighted by atomic mass is 9.84. The van der Waals surface area contributed by atoms with Gasteiger partial charge >= 0.3 is 0 Å². The molecule has 0 saturated carbocycles. The van der Waals surface area contributed by atoms with Crippen LogP contribution in [0.5, 0.6) is 0 Å². The van der Waals surface area contributed by atoms with Gasteiger partial charge in [0.1, 0.15) is 0 Å². The maximum atomic E-state index is 5.17. The van der Waals surface area contributed by atoms with Crippen LogP contribution in [0.1, 0.15) is 26.7 Å². The first-order chi connectivity index (χ1) is 6.22. The first-order valence-corrected chi connectivity index (χ1v) is 5.04. The Bertz CT molecular complexity index is 222. The molecule has 13 heavy (non-hydrogen) atoms. The Labute approximate surface area is 81.6 Å². The van der Waals surface area contributed by atoms with Crippen molar-refractivity contribution >= 4 is 0 Å². The van der Waals surface area contributed by atoms with Crippen molar-refractivity contribution in [3.05, 3.63) is 11.6 Å². The second-order valence-electron chi connectivity index (χ2n) is 4.13. The third-order valence-corrected chi connectivity index (χ3v) is 2.54. The summed E-state index contributed by atoms with van der Waals surface area (Å²) in [6.07, 6.45) is 10.1. The standard InChI is InChI=1S/C12H19N/c1-4-5-13-9-12-7-10(2)6-11(3)8-12/h1,6,10,12-13H,5,7-9H2,2-3H3. The van der Waals surface area contributed by atoms with Crippen molar-refractivity contribution in [3.63, 3.8) is 0 Å². The van der Waals surface area contributed by atoms with E-state index in [2.05, 4.69) is 31.2 Å². The summed E-state index contributed by atoms with van der Waals surface area (Å²) in [6, 6.07) is 0. The molecule has 2 unspecified atom stereocenters. The molecule has 0 amide bonds. The highest BCUT2D eigenvalue weighted by Gasteiger charge is 2.16. The van der Waals surface area contributed by atoms with Crippen LogP contribution in [0.3, 0.4) is 0 Å². The van der Waals surface area contributed by atoms with Gasteiger partial charge in [0.2, 0.25) is 0 Å². The largest absolute Gasteiger partial charge is 0.306 e. The quantitative estimate of drug-likeness (QED) is 0.396. The van der Waals surface area contributed by atoms with Crippen molar-refractivity contribution < 1.29 is 0 Å². The van der Waals surface area contributed by atoms with Crippen LogP contribution in [-0.2, 0) is 0 Å². The predicted molar refractivity (Wildman–Crippen MR) is 57.3 cm³/mol. The molecule has 0 spiro atoms. The molecule has 0 saturated heterocycles. The molecule has 72 valence electrons. The van der Waals surface area contributed by atoms with Gasteiger partial charge in [-0.25, -0.2) is 0 Å². The van der Waals surface area contributed by atoms with Gasteiger partial charge in [-0.2, -0.15) is 0 Å². The van der Waals surface area contributed by atoms with E-state index in [1.54, 1.807) is 0 Å². The third-order valence-electron chi connectivity index (χ3n) is 2.54. The minimum absolute atomic E-state index is 0.702. The Morgan fingerprint density at radius 1 is 1.69 bits per heavy atom. The normalized spacial score (nSPS) is 27.9. The number of rotatable bonds is 3. The fourth-order valence-electron chi connectivity index (χ4n) is 2.19. The molecule has 1 aliphatic carbocycles. The Balaban J connectivity index is 2.29. The molecule has 0 aromatic carbocycles. The first kappa shape index (κ1) is 10.3. The number of hydrogen-bond acceptors (Lipinski definition) is 1. The monoisotopic (exact) mass is 177 g/mol. The van der Waals surface area contributed by atoms with Crippen LogP contribution in [0.4, 0.5) is 0 Å². The predicted octanol–water partition coefficient (Wildman–Crippen LogP) is 2.20. The van der Waals surface area contributed by atoms with Gasteiger partial charge in [0.15, 0.2) is 0 Å². The Morgan fingerprint density at radius 2 is 2.46 bits per heavy atom. The third kappa shape index (κ3) is 3.65. The zero-order valence-corrected chi connectivity index (χ0v) is 8.64. The summed E-state index contributed by atoms with van der Waals surface area (Å²) in [4.78, 5) is 0.